The number of carbonyl (C=O) groups is 2. The van der Waals surface area contributed by atoms with E-state index in [-0.39, 0.29) is 11.3 Å². The number of pyridine rings is 1. The van der Waals surface area contributed by atoms with Crippen LogP contribution in [0, 0.1) is 0 Å². The van der Waals surface area contributed by atoms with Crippen molar-refractivity contribution in [1.82, 2.24) is 4.98 Å². The zero-order chi connectivity index (χ0) is 23.8. The van der Waals surface area contributed by atoms with Crippen LogP contribution in [0.25, 0.3) is 11.0 Å². The lowest BCUT2D eigenvalue weighted by Gasteiger charge is -2.26. The summed E-state index contributed by atoms with van der Waals surface area (Å²) in [6.45, 7) is 2.39. The number of carbonyl (C=O) groups excluding carboxylic acids is 2. The number of hydrogen-bond donors (Lipinski definition) is 1. The topological polar surface area (TPSA) is 92.9 Å². The van der Waals surface area contributed by atoms with Gasteiger partial charge in [-0.05, 0) is 73.2 Å². The maximum atomic E-state index is 13.6. The van der Waals surface area contributed by atoms with E-state index in [2.05, 4.69) is 20.9 Å². The Labute approximate surface area is 203 Å². The van der Waals surface area contributed by atoms with Crippen LogP contribution in [0.5, 0.6) is 5.75 Å². The molecule has 1 amide bonds. The first-order chi connectivity index (χ1) is 16.5. The number of aliphatic hydroxyl groups is 1. The first-order valence-electron chi connectivity index (χ1n) is 10.6. The summed E-state index contributed by atoms with van der Waals surface area (Å²) < 4.78 is 12.1. The van der Waals surface area contributed by atoms with Crippen molar-refractivity contribution >= 4 is 44.3 Å². The molecule has 1 aliphatic heterocycles. The van der Waals surface area contributed by atoms with Gasteiger partial charge in [0.15, 0.2) is 11.5 Å². The summed E-state index contributed by atoms with van der Waals surface area (Å²) in [6, 6.07) is 16.5. The highest BCUT2D eigenvalue weighted by Gasteiger charge is 2.45. The second kappa shape index (κ2) is 8.79. The lowest BCUT2D eigenvalue weighted by atomic mass is 9.95. The number of rotatable bonds is 6. The number of nitrogens with zero attached hydrogens (tertiary/aromatic N) is 2. The van der Waals surface area contributed by atoms with Gasteiger partial charge in [-0.25, -0.2) is 0 Å². The number of Topliss-reactive ketones (excluding diaryl/α,β-unsaturated/α-hetero) is 1. The van der Waals surface area contributed by atoms with Crippen LogP contribution >= 0.6 is 15.9 Å². The Kier molecular flexibility index (Phi) is 5.67. The molecule has 8 heteroatoms. The number of ketones is 1. The van der Waals surface area contributed by atoms with Crippen molar-refractivity contribution in [3.05, 3.63) is 100 Å². The molecule has 170 valence electrons. The average molecular weight is 519 g/mol. The van der Waals surface area contributed by atoms with Crippen molar-refractivity contribution in [1.29, 1.82) is 0 Å². The van der Waals surface area contributed by atoms with Gasteiger partial charge in [0.05, 0.1) is 18.2 Å². The van der Waals surface area contributed by atoms with Gasteiger partial charge >= 0.3 is 0 Å². The SMILES string of the molecule is CCOc1ccc(N2C(=O)C(O)=C(C(=O)c3cc4cc(Br)ccc4o3)C2c2ccncc2)cc1. The van der Waals surface area contributed by atoms with Crippen LogP contribution in [-0.4, -0.2) is 28.4 Å². The van der Waals surface area contributed by atoms with Gasteiger partial charge < -0.3 is 14.3 Å². The van der Waals surface area contributed by atoms with Crippen LogP contribution in [0.1, 0.15) is 29.1 Å². The second-order valence-electron chi connectivity index (χ2n) is 7.67. The predicted molar refractivity (Wildman–Crippen MR) is 130 cm³/mol. The molecule has 3 heterocycles. The first-order valence-corrected chi connectivity index (χ1v) is 11.4. The van der Waals surface area contributed by atoms with E-state index in [1.807, 2.05) is 19.1 Å². The summed E-state index contributed by atoms with van der Waals surface area (Å²) in [5.74, 6) is -1.15. The number of halogens is 1. The highest BCUT2D eigenvalue weighted by atomic mass is 79.9. The molecule has 34 heavy (non-hydrogen) atoms. The number of furan rings is 1. The van der Waals surface area contributed by atoms with E-state index in [0.29, 0.717) is 29.2 Å². The Morgan fingerprint density at radius 1 is 1.12 bits per heavy atom. The van der Waals surface area contributed by atoms with Gasteiger partial charge in [-0.3, -0.25) is 19.5 Å². The molecule has 0 fully saturated rings. The second-order valence-corrected chi connectivity index (χ2v) is 8.59. The summed E-state index contributed by atoms with van der Waals surface area (Å²) in [7, 11) is 0. The largest absolute Gasteiger partial charge is 0.503 e. The third-order valence-corrected chi connectivity index (χ3v) is 6.10. The number of hydrogen-bond acceptors (Lipinski definition) is 6. The van der Waals surface area contributed by atoms with E-state index in [9.17, 15) is 14.7 Å². The third kappa shape index (κ3) is 3.76. The molecular formula is C26H19BrN2O5. The van der Waals surface area contributed by atoms with Crippen LogP contribution in [0.4, 0.5) is 5.69 Å². The van der Waals surface area contributed by atoms with Crippen LogP contribution in [0.15, 0.2) is 93.3 Å². The molecule has 0 radical (unpaired) electrons. The van der Waals surface area contributed by atoms with Crippen LogP contribution in [-0.2, 0) is 4.79 Å². The summed E-state index contributed by atoms with van der Waals surface area (Å²) in [4.78, 5) is 32.3. The minimum Gasteiger partial charge on any atom is -0.503 e. The molecule has 1 aliphatic rings. The fraction of sp³-hybridized carbons (Fsp3) is 0.115. The summed E-state index contributed by atoms with van der Waals surface area (Å²) >= 11 is 3.41. The van der Waals surface area contributed by atoms with Crippen molar-refractivity contribution in [2.45, 2.75) is 13.0 Å². The van der Waals surface area contributed by atoms with Gasteiger partial charge in [0.2, 0.25) is 5.78 Å². The molecule has 0 spiro atoms. The molecule has 1 atom stereocenters. The van der Waals surface area contributed by atoms with Crippen molar-refractivity contribution in [3.8, 4) is 5.75 Å². The predicted octanol–water partition coefficient (Wildman–Crippen LogP) is 5.77. The number of amides is 1. The van der Waals surface area contributed by atoms with E-state index in [0.717, 1.165) is 9.86 Å². The zero-order valence-corrected chi connectivity index (χ0v) is 19.7. The highest BCUT2D eigenvalue weighted by Crippen LogP contribution is 2.42. The van der Waals surface area contributed by atoms with Crippen molar-refractivity contribution in [2.75, 3.05) is 11.5 Å². The smallest absolute Gasteiger partial charge is 0.294 e. The van der Waals surface area contributed by atoms with Crippen LogP contribution < -0.4 is 9.64 Å². The van der Waals surface area contributed by atoms with E-state index in [4.69, 9.17) is 9.15 Å². The molecule has 4 aromatic rings. The summed E-state index contributed by atoms with van der Waals surface area (Å²) in [5.41, 5.74) is 1.62. The molecule has 5 rings (SSSR count). The number of ether oxygens (including phenoxy) is 1. The Morgan fingerprint density at radius 3 is 2.56 bits per heavy atom. The molecule has 2 aromatic heterocycles. The monoisotopic (exact) mass is 518 g/mol. The Balaban J connectivity index is 1.61. The van der Waals surface area contributed by atoms with Crippen molar-refractivity contribution in [2.24, 2.45) is 0 Å². The fourth-order valence-corrected chi connectivity index (χ4v) is 4.47. The third-order valence-electron chi connectivity index (χ3n) is 5.60. The van der Waals surface area contributed by atoms with Gasteiger partial charge in [-0.2, -0.15) is 0 Å². The maximum absolute atomic E-state index is 13.6. The molecule has 1 N–H and O–H groups in total. The number of aromatic nitrogens is 1. The Bertz CT molecular complexity index is 1430. The van der Waals surface area contributed by atoms with E-state index in [1.165, 1.54) is 4.90 Å². The number of benzene rings is 2. The molecule has 0 saturated carbocycles. The minimum absolute atomic E-state index is 0.0371. The van der Waals surface area contributed by atoms with Gasteiger partial charge in [0, 0.05) is 27.9 Å². The number of aliphatic hydroxyl groups excluding tert-OH is 1. The maximum Gasteiger partial charge on any atom is 0.294 e. The standard InChI is InChI=1S/C26H19BrN2O5/c1-2-33-19-6-4-18(5-7-19)29-23(15-9-11-28-12-10-15)22(25(31)26(29)32)24(30)21-14-16-13-17(27)3-8-20(16)34-21/h3-14,23,31H,2H2,1H3. The molecule has 0 saturated heterocycles. The molecule has 2 aromatic carbocycles. The van der Waals surface area contributed by atoms with E-state index >= 15 is 0 Å². The quantitative estimate of drug-likeness (QED) is 0.325. The molecule has 0 bridgehead atoms. The molecule has 1 unspecified atom stereocenters. The number of fused-ring (bicyclic) bond motifs is 1. The lowest BCUT2D eigenvalue weighted by molar-refractivity contribution is -0.117. The Morgan fingerprint density at radius 2 is 1.85 bits per heavy atom. The molecule has 0 aliphatic carbocycles. The van der Waals surface area contributed by atoms with Gasteiger partial charge in [0.25, 0.3) is 5.91 Å². The minimum atomic E-state index is -0.860. The zero-order valence-electron chi connectivity index (χ0n) is 18.1. The summed E-state index contributed by atoms with van der Waals surface area (Å²) in [5, 5.41) is 11.6. The summed E-state index contributed by atoms with van der Waals surface area (Å²) in [6.07, 6.45) is 3.15. The van der Waals surface area contributed by atoms with Gasteiger partial charge in [-0.1, -0.05) is 15.9 Å². The van der Waals surface area contributed by atoms with Gasteiger partial charge in [0.1, 0.15) is 11.3 Å². The molecule has 7 nitrogen and oxygen atoms in total. The van der Waals surface area contributed by atoms with E-state index < -0.39 is 23.5 Å². The Hall–Kier alpha value is -3.91. The lowest BCUT2D eigenvalue weighted by Crippen LogP contribution is -2.31. The fourth-order valence-electron chi connectivity index (χ4n) is 4.09. The van der Waals surface area contributed by atoms with Crippen LogP contribution in [0.2, 0.25) is 0 Å². The molecular weight excluding hydrogens is 500 g/mol. The van der Waals surface area contributed by atoms with Gasteiger partial charge in [-0.15, -0.1) is 0 Å². The van der Waals surface area contributed by atoms with Crippen molar-refractivity contribution < 1.29 is 23.8 Å². The normalized spacial score (nSPS) is 15.9. The van der Waals surface area contributed by atoms with E-state index in [1.54, 1.807) is 60.9 Å². The van der Waals surface area contributed by atoms with Crippen LogP contribution in [0.3, 0.4) is 0 Å². The first kappa shape index (κ1) is 21.9. The number of anilines is 1. The highest BCUT2D eigenvalue weighted by molar-refractivity contribution is 9.10. The average Bonchev–Trinajstić information content (AvgIpc) is 3.38. The van der Waals surface area contributed by atoms with Crippen molar-refractivity contribution in [3.63, 3.8) is 0 Å².